The van der Waals surface area contributed by atoms with Crippen molar-refractivity contribution in [3.63, 3.8) is 0 Å². The summed E-state index contributed by atoms with van der Waals surface area (Å²) in [4.78, 5) is 14.2. The van der Waals surface area contributed by atoms with Gasteiger partial charge in [-0.2, -0.15) is 0 Å². The second kappa shape index (κ2) is 6.60. The van der Waals surface area contributed by atoms with Crippen molar-refractivity contribution in [1.82, 2.24) is 30.4 Å². The molecule has 1 N–H and O–H groups in total. The Balaban J connectivity index is 1.92. The molecule has 1 aliphatic rings. The van der Waals surface area contributed by atoms with E-state index in [9.17, 15) is 4.79 Å². The van der Waals surface area contributed by atoms with E-state index >= 15 is 0 Å². The molecule has 106 valence electrons. The number of piperidine rings is 1. The Morgan fingerprint density at radius 2 is 2.37 bits per heavy atom. The molecule has 2 heterocycles. The van der Waals surface area contributed by atoms with Crippen molar-refractivity contribution in [1.29, 1.82) is 0 Å². The Labute approximate surface area is 113 Å². The summed E-state index contributed by atoms with van der Waals surface area (Å²) in [6.45, 7) is 6.11. The minimum Gasteiger partial charge on any atom is -0.337 e. The van der Waals surface area contributed by atoms with Crippen LogP contribution in [0.2, 0.25) is 0 Å². The molecular formula is C12H22N6O. The van der Waals surface area contributed by atoms with Crippen LogP contribution in [0.25, 0.3) is 0 Å². The van der Waals surface area contributed by atoms with E-state index in [1.807, 2.05) is 18.7 Å². The number of carbonyl (C=O) groups is 1. The Kier molecular flexibility index (Phi) is 4.84. The van der Waals surface area contributed by atoms with E-state index in [1.54, 1.807) is 0 Å². The van der Waals surface area contributed by atoms with Gasteiger partial charge in [0.15, 0.2) is 0 Å². The van der Waals surface area contributed by atoms with Crippen molar-refractivity contribution < 1.29 is 4.79 Å². The van der Waals surface area contributed by atoms with Gasteiger partial charge in [0, 0.05) is 18.6 Å². The normalized spacial score (nSPS) is 19.6. The fourth-order valence-electron chi connectivity index (χ4n) is 2.40. The number of aromatic nitrogens is 4. The fraction of sp³-hybridized carbons (Fsp3) is 0.833. The number of amides is 1. The zero-order valence-corrected chi connectivity index (χ0v) is 11.6. The molecule has 0 radical (unpaired) electrons. The van der Waals surface area contributed by atoms with Gasteiger partial charge in [-0.1, -0.05) is 6.42 Å². The van der Waals surface area contributed by atoms with Crippen molar-refractivity contribution in [2.45, 2.75) is 51.7 Å². The number of hydrogen-bond acceptors (Lipinski definition) is 5. The standard InChI is InChI=1S/C12H22N6O/c1-10(2)18(7-11-5-3-4-6-13-11)12(19)8-17-9-14-15-16-17/h9-11,13H,3-8H2,1-2H3. The molecule has 1 aromatic rings. The van der Waals surface area contributed by atoms with Crippen LogP contribution in [0.1, 0.15) is 33.1 Å². The maximum Gasteiger partial charge on any atom is 0.244 e. The van der Waals surface area contributed by atoms with E-state index in [4.69, 9.17) is 0 Å². The first-order chi connectivity index (χ1) is 9.16. The predicted molar refractivity (Wildman–Crippen MR) is 70.3 cm³/mol. The maximum absolute atomic E-state index is 12.3. The minimum absolute atomic E-state index is 0.0645. The number of nitrogens with one attached hydrogen (secondary N) is 1. The number of rotatable bonds is 5. The summed E-state index contributed by atoms with van der Waals surface area (Å²) < 4.78 is 1.46. The topological polar surface area (TPSA) is 75.9 Å². The van der Waals surface area contributed by atoms with Gasteiger partial charge in [0.05, 0.1) is 0 Å². The number of nitrogens with zero attached hydrogens (tertiary/aromatic N) is 5. The summed E-state index contributed by atoms with van der Waals surface area (Å²) in [5, 5.41) is 14.3. The molecule has 1 atom stereocenters. The largest absolute Gasteiger partial charge is 0.337 e. The molecule has 0 spiro atoms. The zero-order valence-electron chi connectivity index (χ0n) is 11.6. The Hall–Kier alpha value is -1.50. The first kappa shape index (κ1) is 13.9. The van der Waals surface area contributed by atoms with Crippen LogP contribution in [0, 0.1) is 0 Å². The summed E-state index contributed by atoms with van der Waals surface area (Å²) in [6.07, 6.45) is 5.08. The zero-order chi connectivity index (χ0) is 13.7. The maximum atomic E-state index is 12.3. The molecule has 0 saturated carbocycles. The third-order valence-electron chi connectivity index (χ3n) is 3.46. The third-order valence-corrected chi connectivity index (χ3v) is 3.46. The van der Waals surface area contributed by atoms with Crippen LogP contribution in [0.15, 0.2) is 6.33 Å². The summed E-state index contributed by atoms with van der Waals surface area (Å²) in [6, 6.07) is 0.599. The Bertz CT molecular complexity index is 385. The highest BCUT2D eigenvalue weighted by atomic mass is 16.2. The van der Waals surface area contributed by atoms with Crippen molar-refractivity contribution in [3.8, 4) is 0 Å². The first-order valence-corrected chi connectivity index (χ1v) is 6.90. The second-order valence-electron chi connectivity index (χ2n) is 5.29. The van der Waals surface area contributed by atoms with E-state index in [0.29, 0.717) is 6.04 Å². The molecule has 0 aliphatic carbocycles. The molecule has 1 fully saturated rings. The summed E-state index contributed by atoms with van der Waals surface area (Å²) in [7, 11) is 0. The van der Waals surface area contributed by atoms with Crippen LogP contribution in [0.3, 0.4) is 0 Å². The van der Waals surface area contributed by atoms with Crippen LogP contribution in [0.5, 0.6) is 0 Å². The second-order valence-corrected chi connectivity index (χ2v) is 5.29. The lowest BCUT2D eigenvalue weighted by Crippen LogP contribution is -2.49. The fourth-order valence-corrected chi connectivity index (χ4v) is 2.40. The molecule has 7 nitrogen and oxygen atoms in total. The highest BCUT2D eigenvalue weighted by Crippen LogP contribution is 2.11. The molecule has 1 unspecified atom stereocenters. The average molecular weight is 266 g/mol. The molecule has 1 aliphatic heterocycles. The van der Waals surface area contributed by atoms with Crippen LogP contribution < -0.4 is 5.32 Å². The van der Waals surface area contributed by atoms with Crippen LogP contribution in [-0.2, 0) is 11.3 Å². The smallest absolute Gasteiger partial charge is 0.244 e. The lowest BCUT2D eigenvalue weighted by molar-refractivity contribution is -0.134. The van der Waals surface area contributed by atoms with Gasteiger partial charge in [0.1, 0.15) is 12.9 Å². The predicted octanol–water partition coefficient (Wildman–Crippen LogP) is 0.0522. The number of tetrazole rings is 1. The van der Waals surface area contributed by atoms with Crippen molar-refractivity contribution in [2.24, 2.45) is 0 Å². The monoisotopic (exact) mass is 266 g/mol. The van der Waals surface area contributed by atoms with Gasteiger partial charge in [-0.15, -0.1) is 5.10 Å². The highest BCUT2D eigenvalue weighted by Gasteiger charge is 2.23. The lowest BCUT2D eigenvalue weighted by atomic mass is 10.0. The van der Waals surface area contributed by atoms with Crippen LogP contribution in [0.4, 0.5) is 0 Å². The number of hydrogen-bond donors (Lipinski definition) is 1. The third kappa shape index (κ3) is 3.99. The Morgan fingerprint density at radius 3 is 2.95 bits per heavy atom. The van der Waals surface area contributed by atoms with E-state index in [1.165, 1.54) is 23.9 Å². The first-order valence-electron chi connectivity index (χ1n) is 6.90. The minimum atomic E-state index is 0.0645. The molecule has 1 saturated heterocycles. The summed E-state index contributed by atoms with van der Waals surface area (Å²) in [5.41, 5.74) is 0. The summed E-state index contributed by atoms with van der Waals surface area (Å²) in [5.74, 6) is 0.0645. The van der Waals surface area contributed by atoms with Gasteiger partial charge in [0.2, 0.25) is 5.91 Å². The molecule has 1 aromatic heterocycles. The average Bonchev–Trinajstić information content (AvgIpc) is 2.89. The van der Waals surface area contributed by atoms with E-state index in [0.717, 1.165) is 19.5 Å². The molecule has 1 amide bonds. The molecule has 0 aromatic carbocycles. The molecule has 0 bridgehead atoms. The van der Waals surface area contributed by atoms with E-state index in [-0.39, 0.29) is 18.5 Å². The molecule has 2 rings (SSSR count). The van der Waals surface area contributed by atoms with Gasteiger partial charge in [0.25, 0.3) is 0 Å². The Morgan fingerprint density at radius 1 is 1.53 bits per heavy atom. The van der Waals surface area contributed by atoms with Gasteiger partial charge in [-0.3, -0.25) is 4.79 Å². The van der Waals surface area contributed by atoms with Crippen molar-refractivity contribution in [2.75, 3.05) is 13.1 Å². The quantitative estimate of drug-likeness (QED) is 0.815. The molecule has 19 heavy (non-hydrogen) atoms. The van der Waals surface area contributed by atoms with Crippen molar-refractivity contribution in [3.05, 3.63) is 6.33 Å². The lowest BCUT2D eigenvalue weighted by Gasteiger charge is -2.33. The summed E-state index contributed by atoms with van der Waals surface area (Å²) >= 11 is 0. The van der Waals surface area contributed by atoms with Gasteiger partial charge >= 0.3 is 0 Å². The van der Waals surface area contributed by atoms with Crippen LogP contribution >= 0.6 is 0 Å². The highest BCUT2D eigenvalue weighted by molar-refractivity contribution is 5.76. The van der Waals surface area contributed by atoms with Gasteiger partial charge < -0.3 is 10.2 Å². The number of carbonyl (C=O) groups excluding carboxylic acids is 1. The molecular weight excluding hydrogens is 244 g/mol. The van der Waals surface area contributed by atoms with E-state index < -0.39 is 0 Å². The van der Waals surface area contributed by atoms with E-state index in [2.05, 4.69) is 20.8 Å². The molecule has 7 heteroatoms. The van der Waals surface area contributed by atoms with Gasteiger partial charge in [-0.05, 0) is 43.7 Å². The SMILES string of the molecule is CC(C)N(CC1CCCCN1)C(=O)Cn1cnnn1. The van der Waals surface area contributed by atoms with Gasteiger partial charge in [-0.25, -0.2) is 4.68 Å². The van der Waals surface area contributed by atoms with Crippen molar-refractivity contribution >= 4 is 5.91 Å². The van der Waals surface area contributed by atoms with Crippen LogP contribution in [-0.4, -0.2) is 56.2 Å².